The van der Waals surface area contributed by atoms with Crippen molar-refractivity contribution >= 4 is 23.6 Å². The molecule has 0 bridgehead atoms. The first-order valence-corrected chi connectivity index (χ1v) is 26.9. The summed E-state index contributed by atoms with van der Waals surface area (Å²) in [6.07, 6.45) is 24.7. The fraction of sp³-hybridized carbons (Fsp3) is 0.621. The number of hydrogen-bond donors (Lipinski definition) is 4. The first-order valence-electron chi connectivity index (χ1n) is 26.9. The minimum atomic E-state index is -0.497. The Morgan fingerprint density at radius 2 is 1.16 bits per heavy atom. The third-order valence-corrected chi connectivity index (χ3v) is 13.2. The number of benzene rings is 3. The molecular formula is C58H92N6O5. The average molecular weight is 953 g/mol. The van der Waals surface area contributed by atoms with Gasteiger partial charge in [0.25, 0.3) is 0 Å². The Labute approximate surface area is 417 Å². The molecule has 0 aliphatic carbocycles. The van der Waals surface area contributed by atoms with Crippen molar-refractivity contribution in [3.05, 3.63) is 101 Å². The van der Waals surface area contributed by atoms with Gasteiger partial charge in [0.15, 0.2) is 0 Å². The SMILES string of the molecule is CCCCCCCCCCCCC(=O)N(C)C(C(=O)NCCCCCCCN)C(C)C.NCCCCCCCNC(=O)C1Cc2ccccc2CN1C(=O)Cc1ccc(OCc2ccccc2)cc1. The molecule has 1 aliphatic heterocycles. The van der Waals surface area contributed by atoms with Gasteiger partial charge in [0.2, 0.25) is 23.6 Å². The Morgan fingerprint density at radius 3 is 1.74 bits per heavy atom. The van der Waals surface area contributed by atoms with Gasteiger partial charge in [-0.2, -0.15) is 0 Å². The number of rotatable bonds is 34. The molecule has 2 unspecified atom stereocenters. The van der Waals surface area contributed by atoms with Crippen LogP contribution >= 0.6 is 0 Å². The molecule has 0 aromatic heterocycles. The number of carbonyl (C=O) groups is 4. The number of nitrogens with two attached hydrogens (primary N) is 2. The largest absolute Gasteiger partial charge is 0.489 e. The van der Waals surface area contributed by atoms with Crippen LogP contribution in [0.1, 0.15) is 178 Å². The van der Waals surface area contributed by atoms with E-state index in [-0.39, 0.29) is 42.0 Å². The molecule has 11 nitrogen and oxygen atoms in total. The van der Waals surface area contributed by atoms with Crippen molar-refractivity contribution in [1.82, 2.24) is 20.4 Å². The maximum Gasteiger partial charge on any atom is 0.243 e. The second-order valence-electron chi connectivity index (χ2n) is 19.4. The lowest BCUT2D eigenvalue weighted by molar-refractivity contribution is -0.141. The summed E-state index contributed by atoms with van der Waals surface area (Å²) < 4.78 is 5.88. The van der Waals surface area contributed by atoms with Crippen LogP contribution in [0, 0.1) is 5.92 Å². The zero-order valence-electron chi connectivity index (χ0n) is 43.3. The van der Waals surface area contributed by atoms with Gasteiger partial charge in [0, 0.05) is 39.5 Å². The monoisotopic (exact) mass is 953 g/mol. The van der Waals surface area contributed by atoms with Gasteiger partial charge in [-0.15, -0.1) is 0 Å². The zero-order chi connectivity index (χ0) is 49.9. The number of hydrogen-bond acceptors (Lipinski definition) is 7. The van der Waals surface area contributed by atoms with Crippen LogP contribution in [0.15, 0.2) is 78.9 Å². The van der Waals surface area contributed by atoms with E-state index in [0.717, 1.165) is 118 Å². The number of ether oxygens (including phenoxy) is 1. The Hall–Kier alpha value is -4.74. The van der Waals surface area contributed by atoms with Crippen molar-refractivity contribution in [1.29, 1.82) is 0 Å². The van der Waals surface area contributed by atoms with E-state index >= 15 is 0 Å². The standard InChI is InChI=1S/C32H39N3O3.C26H53N3O2/c33-19-9-2-1-3-10-20-34-32(37)30-22-27-13-7-8-14-28(27)23-35(30)31(36)21-25-15-17-29(18-16-25)38-24-26-11-5-4-6-12-26;1-5-6-7-8-9-10-11-12-14-17-20-24(30)29(4)25(23(2)3)26(31)28-22-19-16-13-15-18-21-27/h4-8,11-18,30H,1-3,9-10,19-24,33H2,(H,34,37);23,25H,5-22,27H2,1-4H3,(H,28,31). The lowest BCUT2D eigenvalue weighted by Crippen LogP contribution is -2.53. The zero-order valence-corrected chi connectivity index (χ0v) is 43.3. The summed E-state index contributed by atoms with van der Waals surface area (Å²) in [5.74, 6) is 0.827. The molecule has 384 valence electrons. The van der Waals surface area contributed by atoms with Crippen molar-refractivity contribution in [2.45, 2.75) is 194 Å². The van der Waals surface area contributed by atoms with Crippen LogP contribution in [0.4, 0.5) is 0 Å². The summed E-state index contributed by atoms with van der Waals surface area (Å²) in [7, 11) is 1.79. The molecule has 1 aliphatic rings. The van der Waals surface area contributed by atoms with E-state index < -0.39 is 6.04 Å². The van der Waals surface area contributed by atoms with Gasteiger partial charge in [0.05, 0.1) is 6.42 Å². The van der Waals surface area contributed by atoms with Gasteiger partial charge in [-0.25, -0.2) is 0 Å². The number of likely N-dealkylation sites (N-methyl/N-ethyl adjacent to an activating group) is 1. The first-order chi connectivity index (χ1) is 33.6. The Morgan fingerprint density at radius 1 is 0.638 bits per heavy atom. The third kappa shape index (κ3) is 24.1. The van der Waals surface area contributed by atoms with Gasteiger partial charge in [-0.3, -0.25) is 19.2 Å². The number of nitrogens with one attached hydrogen (secondary N) is 2. The summed E-state index contributed by atoms with van der Waals surface area (Å²) in [4.78, 5) is 55.4. The molecule has 69 heavy (non-hydrogen) atoms. The number of unbranched alkanes of at least 4 members (excludes halogenated alkanes) is 17. The first kappa shape index (κ1) is 58.6. The number of fused-ring (bicyclic) bond motifs is 1. The van der Waals surface area contributed by atoms with Crippen LogP contribution < -0.4 is 26.8 Å². The smallest absolute Gasteiger partial charge is 0.243 e. The highest BCUT2D eigenvalue weighted by molar-refractivity contribution is 5.89. The minimum absolute atomic E-state index is 0.0177. The van der Waals surface area contributed by atoms with Crippen LogP contribution in [-0.4, -0.2) is 78.7 Å². The Balaban J connectivity index is 0.000000375. The maximum atomic E-state index is 13.5. The molecule has 0 spiro atoms. The molecule has 0 fully saturated rings. The molecule has 6 N–H and O–H groups in total. The van der Waals surface area contributed by atoms with Crippen molar-refractivity contribution in [2.75, 3.05) is 33.2 Å². The highest BCUT2D eigenvalue weighted by Crippen LogP contribution is 2.25. The molecule has 2 atom stereocenters. The summed E-state index contributed by atoms with van der Waals surface area (Å²) >= 11 is 0. The van der Waals surface area contributed by atoms with Crippen LogP contribution in [0.3, 0.4) is 0 Å². The predicted molar refractivity (Wildman–Crippen MR) is 284 cm³/mol. The maximum absolute atomic E-state index is 13.5. The minimum Gasteiger partial charge on any atom is -0.489 e. The van der Waals surface area contributed by atoms with Crippen molar-refractivity contribution in [3.8, 4) is 5.75 Å². The van der Waals surface area contributed by atoms with Gasteiger partial charge < -0.3 is 36.6 Å². The summed E-state index contributed by atoms with van der Waals surface area (Å²) in [6, 6.07) is 24.9. The molecule has 3 aromatic rings. The quantitative estimate of drug-likeness (QED) is 0.0434. The van der Waals surface area contributed by atoms with Crippen LogP contribution in [-0.2, 0) is 45.2 Å². The number of amides is 4. The molecule has 0 radical (unpaired) electrons. The van der Waals surface area contributed by atoms with E-state index in [0.29, 0.717) is 39.1 Å². The van der Waals surface area contributed by atoms with E-state index in [1.54, 1.807) is 16.8 Å². The molecule has 0 saturated carbocycles. The lowest BCUT2D eigenvalue weighted by Gasteiger charge is -2.36. The van der Waals surface area contributed by atoms with Crippen molar-refractivity contribution in [3.63, 3.8) is 0 Å². The highest BCUT2D eigenvalue weighted by atomic mass is 16.5. The van der Waals surface area contributed by atoms with E-state index in [9.17, 15) is 19.2 Å². The third-order valence-electron chi connectivity index (χ3n) is 13.2. The molecule has 11 heteroatoms. The van der Waals surface area contributed by atoms with Gasteiger partial charge in [-0.1, -0.05) is 184 Å². The van der Waals surface area contributed by atoms with E-state index in [1.165, 1.54) is 51.4 Å². The van der Waals surface area contributed by atoms with Crippen LogP contribution in [0.25, 0.3) is 0 Å². The molecule has 4 amide bonds. The average Bonchev–Trinajstić information content (AvgIpc) is 3.36. The fourth-order valence-electron chi connectivity index (χ4n) is 9.01. The molecule has 3 aromatic carbocycles. The summed E-state index contributed by atoms with van der Waals surface area (Å²) in [5.41, 5.74) is 15.3. The van der Waals surface area contributed by atoms with Crippen molar-refractivity contribution in [2.24, 2.45) is 17.4 Å². The highest BCUT2D eigenvalue weighted by Gasteiger charge is 2.34. The Bertz CT molecular complexity index is 1840. The number of carbonyl (C=O) groups excluding carboxylic acids is 4. The lowest BCUT2D eigenvalue weighted by atomic mass is 9.92. The van der Waals surface area contributed by atoms with Crippen LogP contribution in [0.2, 0.25) is 0 Å². The predicted octanol–water partition coefficient (Wildman–Crippen LogP) is 10.6. The normalized spacial score (nSPS) is 13.5. The van der Waals surface area contributed by atoms with E-state index in [1.807, 2.05) is 86.6 Å². The van der Waals surface area contributed by atoms with E-state index in [2.05, 4.69) is 23.6 Å². The molecule has 1 heterocycles. The second-order valence-corrected chi connectivity index (χ2v) is 19.4. The van der Waals surface area contributed by atoms with Gasteiger partial charge in [0.1, 0.15) is 24.4 Å². The van der Waals surface area contributed by atoms with Crippen molar-refractivity contribution < 1.29 is 23.9 Å². The van der Waals surface area contributed by atoms with Gasteiger partial charge >= 0.3 is 0 Å². The topological polar surface area (TPSA) is 160 Å². The van der Waals surface area contributed by atoms with Crippen LogP contribution in [0.5, 0.6) is 5.75 Å². The molecular weight excluding hydrogens is 861 g/mol. The fourth-order valence-corrected chi connectivity index (χ4v) is 9.01. The number of nitrogens with zero attached hydrogens (tertiary/aromatic N) is 2. The second kappa shape index (κ2) is 36.2. The van der Waals surface area contributed by atoms with E-state index in [4.69, 9.17) is 16.2 Å². The summed E-state index contributed by atoms with van der Waals surface area (Å²) in [6.45, 7) is 10.0. The molecule has 4 rings (SSSR count). The summed E-state index contributed by atoms with van der Waals surface area (Å²) in [5, 5.41) is 6.13. The molecule has 0 saturated heterocycles. The Kier molecular flexibility index (Phi) is 30.8. The van der Waals surface area contributed by atoms with Gasteiger partial charge in [-0.05, 0) is 85.5 Å².